The van der Waals surface area contributed by atoms with Crippen LogP contribution in [0.2, 0.25) is 0 Å². The Balaban J connectivity index is 1.97. The number of nitrogens with zero attached hydrogens (tertiary/aromatic N) is 2. The monoisotopic (exact) mass is 253 g/mol. The summed E-state index contributed by atoms with van der Waals surface area (Å²) in [6.45, 7) is 2.35. The van der Waals surface area contributed by atoms with Crippen LogP contribution < -0.4 is 5.43 Å². The van der Waals surface area contributed by atoms with E-state index in [0.717, 1.165) is 32.0 Å². The van der Waals surface area contributed by atoms with Crippen molar-refractivity contribution in [2.45, 2.75) is 25.8 Å². The summed E-state index contributed by atoms with van der Waals surface area (Å²) in [5, 5.41) is 12.7. The second-order valence-corrected chi connectivity index (χ2v) is 4.46. The molecule has 1 aliphatic rings. The standard InChI is InChI=1S/C12H16FN3O2/c13-11-6-10(7-12(8-11)16(17)18)9-14-15-4-2-1-3-5-15/h6-8,14H,1-5,9H2. The molecule has 1 fully saturated rings. The fraction of sp³-hybridized carbons (Fsp3) is 0.500. The van der Waals surface area contributed by atoms with Crippen molar-refractivity contribution in [3.8, 4) is 0 Å². The van der Waals surface area contributed by atoms with Gasteiger partial charge >= 0.3 is 0 Å². The van der Waals surface area contributed by atoms with Crippen LogP contribution in [0.15, 0.2) is 18.2 Å². The summed E-state index contributed by atoms with van der Waals surface area (Å²) in [6, 6.07) is 3.66. The molecule has 1 saturated heterocycles. The summed E-state index contributed by atoms with van der Waals surface area (Å²) in [6.07, 6.45) is 3.54. The smallest absolute Gasteiger partial charge is 0.258 e. The van der Waals surface area contributed by atoms with E-state index in [9.17, 15) is 14.5 Å². The van der Waals surface area contributed by atoms with Crippen LogP contribution in [0.5, 0.6) is 0 Å². The van der Waals surface area contributed by atoms with Crippen LogP contribution in [-0.4, -0.2) is 23.0 Å². The van der Waals surface area contributed by atoms with E-state index in [1.165, 1.54) is 18.6 Å². The normalized spacial score (nSPS) is 16.7. The van der Waals surface area contributed by atoms with Crippen LogP contribution >= 0.6 is 0 Å². The van der Waals surface area contributed by atoms with E-state index in [-0.39, 0.29) is 5.69 Å². The Hall–Kier alpha value is -1.53. The molecule has 5 nitrogen and oxygen atoms in total. The highest BCUT2D eigenvalue weighted by Gasteiger charge is 2.12. The largest absolute Gasteiger partial charge is 0.272 e. The van der Waals surface area contributed by atoms with Crippen molar-refractivity contribution in [3.63, 3.8) is 0 Å². The molecule has 1 heterocycles. The fourth-order valence-electron chi connectivity index (χ4n) is 2.10. The van der Waals surface area contributed by atoms with E-state index in [0.29, 0.717) is 12.1 Å². The van der Waals surface area contributed by atoms with Crippen molar-refractivity contribution in [2.24, 2.45) is 0 Å². The van der Waals surface area contributed by atoms with Gasteiger partial charge in [-0.1, -0.05) is 6.42 Å². The molecule has 0 saturated carbocycles. The van der Waals surface area contributed by atoms with Gasteiger partial charge in [-0.05, 0) is 24.5 Å². The number of hydrogen-bond acceptors (Lipinski definition) is 4. The zero-order valence-electron chi connectivity index (χ0n) is 10.1. The van der Waals surface area contributed by atoms with Crippen LogP contribution in [0.3, 0.4) is 0 Å². The van der Waals surface area contributed by atoms with Crippen molar-refractivity contribution in [2.75, 3.05) is 13.1 Å². The third-order valence-electron chi connectivity index (χ3n) is 3.02. The predicted molar refractivity (Wildman–Crippen MR) is 65.3 cm³/mol. The lowest BCUT2D eigenvalue weighted by Gasteiger charge is -2.27. The van der Waals surface area contributed by atoms with Crippen LogP contribution in [-0.2, 0) is 6.54 Å². The number of nitrogens with one attached hydrogen (secondary N) is 1. The Morgan fingerprint density at radius 1 is 1.28 bits per heavy atom. The molecule has 98 valence electrons. The molecule has 1 aromatic rings. The number of halogens is 1. The first-order valence-corrected chi connectivity index (χ1v) is 6.07. The molecule has 1 aromatic carbocycles. The number of nitro benzene ring substituents is 1. The summed E-state index contributed by atoms with van der Waals surface area (Å²) in [5.74, 6) is -0.570. The first kappa shape index (κ1) is 12.9. The Bertz CT molecular complexity index is 433. The summed E-state index contributed by atoms with van der Waals surface area (Å²) in [4.78, 5) is 10.0. The number of rotatable bonds is 4. The summed E-state index contributed by atoms with van der Waals surface area (Å²) >= 11 is 0. The number of non-ortho nitro benzene ring substituents is 1. The van der Waals surface area contributed by atoms with E-state index in [1.807, 2.05) is 0 Å². The minimum absolute atomic E-state index is 0.203. The minimum Gasteiger partial charge on any atom is -0.258 e. The molecule has 0 bridgehead atoms. The molecular formula is C12H16FN3O2. The van der Waals surface area contributed by atoms with Gasteiger partial charge in [0.1, 0.15) is 5.82 Å². The van der Waals surface area contributed by atoms with Crippen molar-refractivity contribution < 1.29 is 9.31 Å². The van der Waals surface area contributed by atoms with E-state index in [4.69, 9.17) is 0 Å². The lowest BCUT2D eigenvalue weighted by atomic mass is 10.1. The Morgan fingerprint density at radius 2 is 2.00 bits per heavy atom. The number of benzene rings is 1. The van der Waals surface area contributed by atoms with E-state index in [2.05, 4.69) is 10.4 Å². The fourth-order valence-corrected chi connectivity index (χ4v) is 2.10. The van der Waals surface area contributed by atoms with Gasteiger partial charge in [0, 0.05) is 25.7 Å². The molecule has 0 amide bonds. The highest BCUT2D eigenvalue weighted by Crippen LogP contribution is 2.16. The second-order valence-electron chi connectivity index (χ2n) is 4.46. The maximum absolute atomic E-state index is 13.2. The zero-order valence-corrected chi connectivity index (χ0v) is 10.1. The Morgan fingerprint density at radius 3 is 2.67 bits per heavy atom. The molecule has 0 aliphatic carbocycles. The first-order valence-electron chi connectivity index (χ1n) is 6.07. The molecule has 6 heteroatoms. The van der Waals surface area contributed by atoms with Gasteiger partial charge in [0.25, 0.3) is 5.69 Å². The molecule has 18 heavy (non-hydrogen) atoms. The zero-order chi connectivity index (χ0) is 13.0. The van der Waals surface area contributed by atoms with Gasteiger partial charge in [0.2, 0.25) is 0 Å². The van der Waals surface area contributed by atoms with Crippen molar-refractivity contribution in [1.29, 1.82) is 0 Å². The molecule has 1 aliphatic heterocycles. The molecule has 0 aromatic heterocycles. The van der Waals surface area contributed by atoms with Crippen LogP contribution in [0.1, 0.15) is 24.8 Å². The van der Waals surface area contributed by atoms with Gasteiger partial charge in [0.15, 0.2) is 0 Å². The molecule has 0 spiro atoms. The van der Waals surface area contributed by atoms with Gasteiger partial charge in [-0.15, -0.1) is 0 Å². The lowest BCUT2D eigenvalue weighted by molar-refractivity contribution is -0.385. The molecule has 0 unspecified atom stereocenters. The molecule has 0 radical (unpaired) electrons. The topological polar surface area (TPSA) is 58.4 Å². The second kappa shape index (κ2) is 5.88. The van der Waals surface area contributed by atoms with E-state index in [1.54, 1.807) is 0 Å². The molecule has 2 rings (SSSR count). The van der Waals surface area contributed by atoms with Crippen LogP contribution in [0, 0.1) is 15.9 Å². The maximum atomic E-state index is 13.2. The van der Waals surface area contributed by atoms with Gasteiger partial charge < -0.3 is 0 Å². The third kappa shape index (κ3) is 3.48. The first-order chi connectivity index (χ1) is 8.65. The van der Waals surface area contributed by atoms with Crippen molar-refractivity contribution in [3.05, 3.63) is 39.7 Å². The van der Waals surface area contributed by atoms with Gasteiger partial charge in [-0.3, -0.25) is 15.5 Å². The molecular weight excluding hydrogens is 237 g/mol. The number of piperidine rings is 1. The number of hydrogen-bond donors (Lipinski definition) is 1. The summed E-state index contributed by atoms with van der Waals surface area (Å²) < 4.78 is 13.2. The van der Waals surface area contributed by atoms with Gasteiger partial charge in [-0.2, -0.15) is 0 Å². The average molecular weight is 253 g/mol. The highest BCUT2D eigenvalue weighted by atomic mass is 19.1. The summed E-state index contributed by atoms with van der Waals surface area (Å²) in [5.41, 5.74) is 3.56. The highest BCUT2D eigenvalue weighted by molar-refractivity contribution is 5.35. The van der Waals surface area contributed by atoms with Crippen molar-refractivity contribution in [1.82, 2.24) is 10.4 Å². The Labute approximate surface area is 105 Å². The molecule has 0 atom stereocenters. The summed E-state index contributed by atoms with van der Waals surface area (Å²) in [7, 11) is 0. The molecule has 1 N–H and O–H groups in total. The average Bonchev–Trinajstić information content (AvgIpc) is 2.37. The van der Waals surface area contributed by atoms with Crippen molar-refractivity contribution >= 4 is 5.69 Å². The van der Waals surface area contributed by atoms with E-state index < -0.39 is 10.7 Å². The quantitative estimate of drug-likeness (QED) is 0.660. The lowest BCUT2D eigenvalue weighted by Crippen LogP contribution is -2.41. The SMILES string of the molecule is O=[N+]([O-])c1cc(F)cc(CNN2CCCCC2)c1. The maximum Gasteiger partial charge on any atom is 0.272 e. The van der Waals surface area contributed by atoms with Crippen LogP contribution in [0.4, 0.5) is 10.1 Å². The third-order valence-corrected chi connectivity index (χ3v) is 3.02. The predicted octanol–water partition coefficient (Wildman–Crippen LogP) is 2.22. The number of hydrazine groups is 1. The van der Waals surface area contributed by atoms with Gasteiger partial charge in [-0.25, -0.2) is 9.40 Å². The minimum atomic E-state index is -0.576. The van der Waals surface area contributed by atoms with Gasteiger partial charge in [0.05, 0.1) is 11.0 Å². The van der Waals surface area contributed by atoms with E-state index >= 15 is 0 Å². The number of nitro groups is 1. The van der Waals surface area contributed by atoms with Crippen LogP contribution in [0.25, 0.3) is 0 Å². The Kier molecular flexibility index (Phi) is 4.22.